The quantitative estimate of drug-likeness (QED) is 0.806. The molecule has 0 bridgehead atoms. The van der Waals surface area contributed by atoms with Crippen LogP contribution < -0.4 is 5.73 Å². The van der Waals surface area contributed by atoms with Crippen molar-refractivity contribution in [3.63, 3.8) is 0 Å². The van der Waals surface area contributed by atoms with Crippen molar-refractivity contribution in [2.24, 2.45) is 5.92 Å². The molecule has 0 spiro atoms. The molecule has 0 saturated carbocycles. The maximum Gasteiger partial charge on any atom is 0.245 e. The number of hydrogen-bond donors (Lipinski definition) is 1. The minimum atomic E-state index is -3.64. The number of nitrogens with zero attached hydrogens (tertiary/aromatic N) is 2. The van der Waals surface area contributed by atoms with E-state index < -0.39 is 10.0 Å². The van der Waals surface area contributed by atoms with E-state index in [1.165, 1.54) is 10.4 Å². The van der Waals surface area contributed by atoms with Gasteiger partial charge in [-0.2, -0.15) is 9.57 Å². The van der Waals surface area contributed by atoms with Crippen molar-refractivity contribution in [3.05, 3.63) is 24.3 Å². The van der Waals surface area contributed by atoms with Gasteiger partial charge in [0.1, 0.15) is 4.90 Å². The summed E-state index contributed by atoms with van der Waals surface area (Å²) in [6, 6.07) is 8.35. The summed E-state index contributed by atoms with van der Waals surface area (Å²) in [6.45, 7) is 4.43. The molecule has 0 aliphatic carbocycles. The second-order valence-electron chi connectivity index (χ2n) is 4.70. The maximum absolute atomic E-state index is 12.5. The molecule has 19 heavy (non-hydrogen) atoms. The van der Waals surface area contributed by atoms with Crippen LogP contribution in [0.2, 0.25) is 0 Å². The first-order valence-electron chi connectivity index (χ1n) is 6.11. The van der Waals surface area contributed by atoms with E-state index in [9.17, 15) is 8.42 Å². The summed E-state index contributed by atoms with van der Waals surface area (Å²) >= 11 is 0. The van der Waals surface area contributed by atoms with Crippen molar-refractivity contribution in [3.8, 4) is 6.07 Å². The van der Waals surface area contributed by atoms with E-state index in [2.05, 4.69) is 0 Å². The summed E-state index contributed by atoms with van der Waals surface area (Å²) < 4.78 is 26.4. The molecule has 0 fully saturated rings. The first kappa shape index (κ1) is 15.5. The van der Waals surface area contributed by atoms with Gasteiger partial charge < -0.3 is 5.73 Å². The monoisotopic (exact) mass is 281 g/mol. The fourth-order valence-corrected chi connectivity index (χ4v) is 3.47. The van der Waals surface area contributed by atoms with E-state index in [4.69, 9.17) is 11.0 Å². The Hall–Kier alpha value is -1.58. The summed E-state index contributed by atoms with van der Waals surface area (Å²) in [4.78, 5) is 0.105. The molecule has 0 aliphatic heterocycles. The van der Waals surface area contributed by atoms with Crippen molar-refractivity contribution in [2.45, 2.75) is 25.2 Å². The molecule has 104 valence electrons. The van der Waals surface area contributed by atoms with Gasteiger partial charge in [-0.15, -0.1) is 0 Å². The molecule has 0 atom stereocenters. The Balaban J connectivity index is 3.12. The molecule has 0 saturated heterocycles. The summed E-state index contributed by atoms with van der Waals surface area (Å²) in [5, 5.41) is 8.64. The van der Waals surface area contributed by atoms with Gasteiger partial charge in [-0.1, -0.05) is 26.0 Å². The highest BCUT2D eigenvalue weighted by Crippen LogP contribution is 2.22. The largest absolute Gasteiger partial charge is 0.398 e. The first-order valence-corrected chi connectivity index (χ1v) is 7.55. The molecular formula is C13H19N3O2S. The molecule has 0 amide bonds. The van der Waals surface area contributed by atoms with E-state index >= 15 is 0 Å². The van der Waals surface area contributed by atoms with Crippen LogP contribution in [-0.2, 0) is 10.0 Å². The smallest absolute Gasteiger partial charge is 0.245 e. The molecule has 5 nitrogen and oxygen atoms in total. The Morgan fingerprint density at radius 2 is 2.00 bits per heavy atom. The van der Waals surface area contributed by atoms with E-state index in [0.717, 1.165) is 0 Å². The van der Waals surface area contributed by atoms with Gasteiger partial charge in [-0.3, -0.25) is 0 Å². The van der Waals surface area contributed by atoms with Crippen LogP contribution in [0.4, 0.5) is 5.69 Å². The van der Waals surface area contributed by atoms with Gasteiger partial charge >= 0.3 is 0 Å². The van der Waals surface area contributed by atoms with Gasteiger partial charge in [-0.05, 0) is 18.1 Å². The third-order valence-corrected chi connectivity index (χ3v) is 4.52. The number of rotatable bonds is 6. The number of nitrogen functional groups attached to an aromatic ring is 1. The lowest BCUT2D eigenvalue weighted by molar-refractivity contribution is 0.373. The number of nitrogens with two attached hydrogens (primary N) is 1. The zero-order valence-electron chi connectivity index (χ0n) is 11.2. The van der Waals surface area contributed by atoms with Crippen LogP contribution in [0.3, 0.4) is 0 Å². The molecule has 1 aromatic rings. The van der Waals surface area contributed by atoms with Crippen LogP contribution in [0.25, 0.3) is 0 Å². The molecular weight excluding hydrogens is 262 g/mol. The highest BCUT2D eigenvalue weighted by atomic mass is 32.2. The lowest BCUT2D eigenvalue weighted by Crippen LogP contribution is -2.35. The highest BCUT2D eigenvalue weighted by Gasteiger charge is 2.26. The highest BCUT2D eigenvalue weighted by molar-refractivity contribution is 7.89. The van der Waals surface area contributed by atoms with E-state index in [0.29, 0.717) is 6.54 Å². The third-order valence-electron chi connectivity index (χ3n) is 2.58. The van der Waals surface area contributed by atoms with Crippen LogP contribution in [0.5, 0.6) is 0 Å². The van der Waals surface area contributed by atoms with Gasteiger partial charge in [0, 0.05) is 19.5 Å². The Morgan fingerprint density at radius 1 is 1.37 bits per heavy atom. The number of anilines is 1. The van der Waals surface area contributed by atoms with Crippen molar-refractivity contribution in [1.82, 2.24) is 4.31 Å². The first-order chi connectivity index (χ1) is 8.89. The number of para-hydroxylation sites is 1. The lowest BCUT2D eigenvalue weighted by Gasteiger charge is -2.23. The minimum Gasteiger partial charge on any atom is -0.398 e. The zero-order chi connectivity index (χ0) is 14.5. The van der Waals surface area contributed by atoms with Crippen molar-refractivity contribution in [1.29, 1.82) is 5.26 Å². The molecule has 1 aromatic carbocycles. The Kier molecular flexibility index (Phi) is 5.33. The summed E-state index contributed by atoms with van der Waals surface area (Å²) in [6.07, 6.45) is 0.165. The van der Waals surface area contributed by atoms with Crippen LogP contribution in [0.15, 0.2) is 29.2 Å². The zero-order valence-corrected chi connectivity index (χ0v) is 12.0. The van der Waals surface area contributed by atoms with Gasteiger partial charge in [0.25, 0.3) is 0 Å². The Bertz CT molecular complexity index is 561. The number of nitriles is 1. The number of sulfonamides is 1. The Morgan fingerprint density at radius 3 is 2.53 bits per heavy atom. The Labute approximate surface area is 114 Å². The standard InChI is InChI=1S/C13H19N3O2S/c1-11(2)10-16(9-5-8-14)19(17,18)13-7-4-3-6-12(13)15/h3-4,6-7,11H,5,9-10,15H2,1-2H3. The van der Waals surface area contributed by atoms with E-state index in [1.807, 2.05) is 19.9 Å². The SMILES string of the molecule is CC(C)CN(CCC#N)S(=O)(=O)c1ccccc1N. The molecule has 2 N–H and O–H groups in total. The topological polar surface area (TPSA) is 87.2 Å². The van der Waals surface area contributed by atoms with Crippen LogP contribution in [-0.4, -0.2) is 25.8 Å². The molecule has 1 rings (SSSR count). The van der Waals surface area contributed by atoms with E-state index in [1.54, 1.807) is 18.2 Å². The van der Waals surface area contributed by atoms with Crippen LogP contribution in [0, 0.1) is 17.2 Å². The van der Waals surface area contributed by atoms with Gasteiger partial charge in [0.15, 0.2) is 0 Å². The molecule has 0 aromatic heterocycles. The van der Waals surface area contributed by atoms with Gasteiger partial charge in [-0.25, -0.2) is 8.42 Å². The molecule has 0 heterocycles. The van der Waals surface area contributed by atoms with Crippen molar-refractivity contribution >= 4 is 15.7 Å². The predicted molar refractivity (Wildman–Crippen MR) is 74.7 cm³/mol. The maximum atomic E-state index is 12.5. The number of benzene rings is 1. The fourth-order valence-electron chi connectivity index (χ4n) is 1.75. The summed E-state index contributed by atoms with van der Waals surface area (Å²) in [7, 11) is -3.64. The van der Waals surface area contributed by atoms with Gasteiger partial charge in [0.2, 0.25) is 10.0 Å². The van der Waals surface area contributed by atoms with Crippen molar-refractivity contribution in [2.75, 3.05) is 18.8 Å². The van der Waals surface area contributed by atoms with Crippen molar-refractivity contribution < 1.29 is 8.42 Å². The summed E-state index contributed by atoms with van der Waals surface area (Å²) in [5.74, 6) is 0.179. The second-order valence-corrected chi connectivity index (χ2v) is 6.61. The average Bonchev–Trinajstić information content (AvgIpc) is 2.34. The fraction of sp³-hybridized carbons (Fsp3) is 0.462. The van der Waals surface area contributed by atoms with Crippen LogP contribution in [0.1, 0.15) is 20.3 Å². The molecule has 0 aliphatic rings. The minimum absolute atomic E-state index is 0.105. The molecule has 0 unspecified atom stereocenters. The third kappa shape index (κ3) is 3.94. The van der Waals surface area contributed by atoms with Gasteiger partial charge in [0.05, 0.1) is 11.8 Å². The normalized spacial score (nSPS) is 11.7. The number of hydrogen-bond acceptors (Lipinski definition) is 4. The molecule has 0 radical (unpaired) electrons. The second kappa shape index (κ2) is 6.55. The van der Waals surface area contributed by atoms with E-state index in [-0.39, 0.29) is 29.5 Å². The molecule has 6 heteroatoms. The average molecular weight is 281 g/mol. The lowest BCUT2D eigenvalue weighted by atomic mass is 10.2. The van der Waals surface area contributed by atoms with Crippen LogP contribution >= 0.6 is 0 Å². The predicted octanol–water partition coefficient (Wildman–Crippen LogP) is 1.83. The summed E-state index contributed by atoms with van der Waals surface area (Å²) in [5.41, 5.74) is 5.96.